The average molecular weight is 376 g/mol. The molecule has 7 heteroatoms. The Morgan fingerprint density at radius 3 is 2.39 bits per heavy atom. The van der Waals surface area contributed by atoms with Crippen LogP contribution >= 0.6 is 0 Å². The van der Waals surface area contributed by atoms with Crippen molar-refractivity contribution < 1.29 is 14.1 Å². The van der Waals surface area contributed by atoms with Crippen molar-refractivity contribution in [2.45, 2.75) is 19.8 Å². The molecule has 3 rings (SSSR count). The van der Waals surface area contributed by atoms with E-state index in [1.165, 1.54) is 6.08 Å². The number of carbonyl (C=O) groups is 2. The minimum atomic E-state index is -0.444. The molecule has 0 aliphatic heterocycles. The summed E-state index contributed by atoms with van der Waals surface area (Å²) in [6.45, 7) is 3.94. The topological polar surface area (TPSA) is 97.1 Å². The fourth-order valence-electron chi connectivity index (χ4n) is 2.36. The van der Waals surface area contributed by atoms with Crippen molar-refractivity contribution in [2.75, 3.05) is 10.6 Å². The van der Waals surface area contributed by atoms with Crippen LogP contribution in [-0.2, 0) is 0 Å². The molecule has 1 aromatic carbocycles. The molecule has 7 nitrogen and oxygen atoms in total. The fourth-order valence-corrected chi connectivity index (χ4v) is 2.36. The van der Waals surface area contributed by atoms with Gasteiger partial charge in [-0.15, -0.1) is 0 Å². The summed E-state index contributed by atoms with van der Waals surface area (Å²) in [6.07, 6.45) is 6.56. The van der Waals surface area contributed by atoms with Crippen molar-refractivity contribution in [3.05, 3.63) is 77.8 Å². The Morgan fingerprint density at radius 2 is 1.75 bits per heavy atom. The van der Waals surface area contributed by atoms with Gasteiger partial charge >= 0.3 is 6.03 Å². The molecule has 2 amide bonds. The minimum Gasteiger partial charge on any atom is -0.359 e. The van der Waals surface area contributed by atoms with Crippen LogP contribution in [-0.4, -0.2) is 22.0 Å². The molecule has 0 saturated heterocycles. The zero-order valence-electron chi connectivity index (χ0n) is 15.5. The molecule has 142 valence electrons. The van der Waals surface area contributed by atoms with Crippen LogP contribution in [0.25, 0.3) is 6.08 Å². The van der Waals surface area contributed by atoms with Gasteiger partial charge in [0.15, 0.2) is 11.6 Å². The standard InChI is InChI=1S/C21H20N4O3/c1-14(2)19-13-20(25-28-19)24-21(27)23-17-6-4-16(5-7-17)18(26)8-3-15-9-11-22-12-10-15/h3-14H,1-2H3,(H2,23,24,25,27)/b8-3+. The number of carbonyl (C=O) groups excluding carboxylic acids is 2. The van der Waals surface area contributed by atoms with E-state index in [2.05, 4.69) is 20.8 Å². The Balaban J connectivity index is 1.56. The van der Waals surface area contributed by atoms with Gasteiger partial charge in [-0.1, -0.05) is 25.1 Å². The molecule has 2 aromatic heterocycles. The third kappa shape index (κ3) is 5.14. The lowest BCUT2D eigenvalue weighted by Gasteiger charge is -2.05. The second-order valence-electron chi connectivity index (χ2n) is 6.40. The Morgan fingerprint density at radius 1 is 1.04 bits per heavy atom. The molecule has 0 radical (unpaired) electrons. The van der Waals surface area contributed by atoms with Gasteiger partial charge in [0.05, 0.1) is 0 Å². The van der Waals surface area contributed by atoms with Gasteiger partial charge in [0.25, 0.3) is 0 Å². The first-order chi connectivity index (χ1) is 13.5. The van der Waals surface area contributed by atoms with Crippen molar-refractivity contribution in [1.29, 1.82) is 0 Å². The van der Waals surface area contributed by atoms with Crippen LogP contribution in [0.3, 0.4) is 0 Å². The molecule has 0 fully saturated rings. The highest BCUT2D eigenvalue weighted by Gasteiger charge is 2.10. The molecule has 0 unspecified atom stereocenters. The number of anilines is 2. The van der Waals surface area contributed by atoms with Gasteiger partial charge < -0.3 is 9.84 Å². The number of pyridine rings is 1. The lowest BCUT2D eigenvalue weighted by molar-refractivity contribution is 0.104. The summed E-state index contributed by atoms with van der Waals surface area (Å²) in [5.41, 5.74) is 1.97. The number of nitrogens with one attached hydrogen (secondary N) is 2. The third-order valence-electron chi connectivity index (χ3n) is 3.90. The number of amides is 2. The van der Waals surface area contributed by atoms with Gasteiger partial charge in [-0.05, 0) is 48.0 Å². The summed E-state index contributed by atoms with van der Waals surface area (Å²) in [7, 11) is 0. The van der Waals surface area contributed by atoms with E-state index in [9.17, 15) is 9.59 Å². The van der Waals surface area contributed by atoms with E-state index < -0.39 is 6.03 Å². The molecule has 2 N–H and O–H groups in total. The zero-order chi connectivity index (χ0) is 19.9. The molecule has 3 aromatic rings. The molecule has 0 aliphatic carbocycles. The predicted octanol–water partition coefficient (Wildman–Crippen LogP) is 4.73. The number of allylic oxidation sites excluding steroid dienone is 1. The Kier molecular flexibility index (Phi) is 5.96. The van der Waals surface area contributed by atoms with E-state index in [-0.39, 0.29) is 11.7 Å². The van der Waals surface area contributed by atoms with E-state index >= 15 is 0 Å². The van der Waals surface area contributed by atoms with Crippen LogP contribution in [0.1, 0.15) is 41.4 Å². The van der Waals surface area contributed by atoms with Gasteiger partial charge in [0.1, 0.15) is 5.76 Å². The number of ketones is 1. The minimum absolute atomic E-state index is 0.128. The first kappa shape index (κ1) is 19.0. The maximum Gasteiger partial charge on any atom is 0.324 e. The molecular weight excluding hydrogens is 356 g/mol. The van der Waals surface area contributed by atoms with Crippen LogP contribution in [0.4, 0.5) is 16.3 Å². The Labute approximate surface area is 162 Å². The van der Waals surface area contributed by atoms with Gasteiger partial charge in [-0.2, -0.15) is 0 Å². The van der Waals surface area contributed by atoms with E-state index in [0.29, 0.717) is 22.8 Å². The molecule has 0 aliphatic rings. The number of aromatic nitrogens is 2. The SMILES string of the molecule is CC(C)c1cc(NC(=O)Nc2ccc(C(=O)/C=C/c3ccncc3)cc2)no1. The number of urea groups is 1. The van der Waals surface area contributed by atoms with Crippen molar-refractivity contribution >= 4 is 29.4 Å². The highest BCUT2D eigenvalue weighted by molar-refractivity contribution is 6.07. The number of rotatable bonds is 6. The van der Waals surface area contributed by atoms with Crippen LogP contribution in [0, 0.1) is 0 Å². The van der Waals surface area contributed by atoms with Crippen LogP contribution in [0.15, 0.2) is 65.5 Å². The van der Waals surface area contributed by atoms with E-state index in [4.69, 9.17) is 4.52 Å². The highest BCUT2D eigenvalue weighted by Crippen LogP contribution is 2.18. The van der Waals surface area contributed by atoms with Gasteiger partial charge in [0, 0.05) is 35.6 Å². The lowest BCUT2D eigenvalue weighted by atomic mass is 10.1. The molecule has 2 heterocycles. The number of nitrogens with zero attached hydrogens (tertiary/aromatic N) is 2. The van der Waals surface area contributed by atoms with Crippen molar-refractivity contribution in [2.24, 2.45) is 0 Å². The van der Waals surface area contributed by atoms with Gasteiger partial charge in [0.2, 0.25) is 0 Å². The van der Waals surface area contributed by atoms with Crippen molar-refractivity contribution in [1.82, 2.24) is 10.1 Å². The second kappa shape index (κ2) is 8.77. The normalized spacial score (nSPS) is 11.0. The van der Waals surface area contributed by atoms with Crippen LogP contribution in [0.5, 0.6) is 0 Å². The van der Waals surface area contributed by atoms with E-state index in [1.807, 2.05) is 26.0 Å². The molecule has 0 bridgehead atoms. The molecule has 0 atom stereocenters. The Hall–Kier alpha value is -3.74. The summed E-state index contributed by atoms with van der Waals surface area (Å²) in [5.74, 6) is 1.09. The summed E-state index contributed by atoms with van der Waals surface area (Å²) in [6, 6.07) is 11.5. The summed E-state index contributed by atoms with van der Waals surface area (Å²) in [5, 5.41) is 9.09. The van der Waals surface area contributed by atoms with Crippen molar-refractivity contribution in [3.8, 4) is 0 Å². The van der Waals surface area contributed by atoms with Gasteiger partial charge in [-0.25, -0.2) is 4.79 Å². The molecule has 0 spiro atoms. The molecule has 28 heavy (non-hydrogen) atoms. The second-order valence-corrected chi connectivity index (χ2v) is 6.40. The van der Waals surface area contributed by atoms with E-state index in [1.54, 1.807) is 48.8 Å². The maximum absolute atomic E-state index is 12.2. The molecular formula is C21H20N4O3. The van der Waals surface area contributed by atoms with E-state index in [0.717, 1.165) is 5.56 Å². The first-order valence-electron chi connectivity index (χ1n) is 8.78. The maximum atomic E-state index is 12.2. The summed E-state index contributed by atoms with van der Waals surface area (Å²) >= 11 is 0. The van der Waals surface area contributed by atoms with Crippen molar-refractivity contribution in [3.63, 3.8) is 0 Å². The highest BCUT2D eigenvalue weighted by atomic mass is 16.5. The van der Waals surface area contributed by atoms with Crippen LogP contribution < -0.4 is 10.6 Å². The third-order valence-corrected chi connectivity index (χ3v) is 3.90. The quantitative estimate of drug-likeness (QED) is 0.479. The number of hydrogen-bond acceptors (Lipinski definition) is 5. The number of benzene rings is 1. The predicted molar refractivity (Wildman–Crippen MR) is 107 cm³/mol. The Bertz CT molecular complexity index is 976. The molecule has 0 saturated carbocycles. The monoisotopic (exact) mass is 376 g/mol. The average Bonchev–Trinajstić information content (AvgIpc) is 3.16. The van der Waals surface area contributed by atoms with Gasteiger partial charge in [-0.3, -0.25) is 15.1 Å². The van der Waals surface area contributed by atoms with Crippen LogP contribution in [0.2, 0.25) is 0 Å². The fraction of sp³-hybridized carbons (Fsp3) is 0.143. The largest absolute Gasteiger partial charge is 0.359 e. The number of hydrogen-bond donors (Lipinski definition) is 2. The summed E-state index contributed by atoms with van der Waals surface area (Å²) in [4.78, 5) is 28.2. The zero-order valence-corrected chi connectivity index (χ0v) is 15.5. The smallest absolute Gasteiger partial charge is 0.324 e. The lowest BCUT2D eigenvalue weighted by Crippen LogP contribution is -2.19. The first-order valence-corrected chi connectivity index (χ1v) is 8.78. The summed E-state index contributed by atoms with van der Waals surface area (Å²) < 4.78 is 5.13.